The minimum absolute atomic E-state index is 0. The third kappa shape index (κ3) is 5.53. The smallest absolute Gasteiger partial charge is 0.0100 e. The van der Waals surface area contributed by atoms with Crippen LogP contribution in [0.3, 0.4) is 0 Å². The molecule has 0 saturated heterocycles. The summed E-state index contributed by atoms with van der Waals surface area (Å²) in [6.45, 7) is 9.67. The molecule has 4 aromatic carbocycles. The summed E-state index contributed by atoms with van der Waals surface area (Å²) in [6, 6.07) is 38.6. The molecule has 5 rings (SSSR count). The first kappa shape index (κ1) is 26.8. The largest absolute Gasteiger partial charge is 0.114 e. The van der Waals surface area contributed by atoms with E-state index in [1.54, 1.807) is 11.1 Å². The van der Waals surface area contributed by atoms with Gasteiger partial charge in [-0.05, 0) is 82.6 Å². The summed E-state index contributed by atoms with van der Waals surface area (Å²) in [4.78, 5) is 0. The second-order valence-electron chi connectivity index (χ2n) is 11.3. The second-order valence-corrected chi connectivity index (χ2v) is 13.5. The summed E-state index contributed by atoms with van der Waals surface area (Å²) in [5.74, 6) is 0. The maximum absolute atomic E-state index is 2.52. The average molecular weight is 558 g/mol. The van der Waals surface area contributed by atoms with Crippen LogP contribution in [-0.4, -0.2) is 0 Å². The van der Waals surface area contributed by atoms with E-state index in [1.807, 2.05) is 0 Å². The molecule has 0 saturated carbocycles. The van der Waals surface area contributed by atoms with E-state index in [-0.39, 0.29) is 27.8 Å². The normalized spacial score (nSPS) is 15.7. The maximum Gasteiger partial charge on any atom is -0.0100 e. The lowest BCUT2D eigenvalue weighted by Gasteiger charge is -2.42. The summed E-state index contributed by atoms with van der Waals surface area (Å²) < 4.78 is 0. The zero-order valence-corrected chi connectivity index (χ0v) is 24.6. The molecule has 0 amide bonds. The van der Waals surface area contributed by atoms with Crippen LogP contribution in [0.15, 0.2) is 103 Å². The molecule has 2 heteroatoms. The Labute approximate surface area is 229 Å². The number of benzene rings is 4. The molecule has 0 atom stereocenters. The topological polar surface area (TPSA) is 0 Å². The molecule has 186 valence electrons. The van der Waals surface area contributed by atoms with E-state index < -0.39 is 7.92 Å². The molecule has 36 heavy (non-hydrogen) atoms. The van der Waals surface area contributed by atoms with E-state index in [0.29, 0.717) is 0 Å². The molecule has 1 aliphatic rings. The van der Waals surface area contributed by atoms with Crippen molar-refractivity contribution < 1.29 is 0 Å². The van der Waals surface area contributed by atoms with Crippen molar-refractivity contribution in [3.05, 3.63) is 125 Å². The molecule has 0 spiro atoms. The molecule has 0 aliphatic heterocycles. The van der Waals surface area contributed by atoms with Crippen molar-refractivity contribution in [2.75, 3.05) is 0 Å². The fourth-order valence-electron chi connectivity index (χ4n) is 5.59. The molecule has 0 fully saturated rings. The van der Waals surface area contributed by atoms with Gasteiger partial charge in [0.25, 0.3) is 0 Å². The van der Waals surface area contributed by atoms with E-state index in [9.17, 15) is 0 Å². The molecular formula is C34H38BrP. The lowest BCUT2D eigenvalue weighted by molar-refractivity contribution is 0.331. The van der Waals surface area contributed by atoms with Crippen molar-refractivity contribution in [1.29, 1.82) is 0 Å². The molecular weight excluding hydrogens is 519 g/mol. The van der Waals surface area contributed by atoms with Crippen LogP contribution < -0.4 is 15.9 Å². The number of rotatable bonds is 6. The standard InChI is InChI=1S/C34H37P.BrH/c1-33(2)23-24-34(3,4)31-25-26(20-22-30(31)33)19-21-27-13-11-12-18-32(27)35(28-14-7-5-8-15-28)29-16-9-6-10-17-29;/h5-18,20,22,25H,19,21,23-24H2,1-4H3;1H. The van der Waals surface area contributed by atoms with Crippen molar-refractivity contribution in [2.24, 2.45) is 0 Å². The van der Waals surface area contributed by atoms with Gasteiger partial charge >= 0.3 is 0 Å². The quantitative estimate of drug-likeness (QED) is 0.210. The van der Waals surface area contributed by atoms with E-state index in [4.69, 9.17) is 0 Å². The number of fused-ring (bicyclic) bond motifs is 1. The third-order valence-corrected chi connectivity index (χ3v) is 10.4. The minimum Gasteiger partial charge on any atom is -0.114 e. The Bertz CT molecular complexity index is 1250. The molecule has 0 bridgehead atoms. The van der Waals surface area contributed by atoms with E-state index in [1.165, 1.54) is 39.9 Å². The Balaban J connectivity index is 0.00000304. The second kappa shape index (κ2) is 11.0. The first-order chi connectivity index (χ1) is 16.9. The number of halogens is 1. The van der Waals surface area contributed by atoms with Crippen molar-refractivity contribution in [3.63, 3.8) is 0 Å². The Kier molecular flexibility index (Phi) is 8.23. The van der Waals surface area contributed by atoms with E-state index in [0.717, 1.165) is 12.8 Å². The maximum atomic E-state index is 2.52. The Morgan fingerprint density at radius 3 is 1.72 bits per heavy atom. The molecule has 0 nitrogen and oxygen atoms in total. The van der Waals surface area contributed by atoms with Gasteiger partial charge in [0.05, 0.1) is 0 Å². The predicted octanol–water partition coefficient (Wildman–Crippen LogP) is 8.16. The van der Waals surface area contributed by atoms with Crippen LogP contribution in [-0.2, 0) is 23.7 Å². The summed E-state index contributed by atoms with van der Waals surface area (Å²) >= 11 is 0. The first-order valence-corrected chi connectivity index (χ1v) is 14.3. The third-order valence-electron chi connectivity index (χ3n) is 7.86. The molecule has 0 aromatic heterocycles. The number of hydrogen-bond acceptors (Lipinski definition) is 0. The summed E-state index contributed by atoms with van der Waals surface area (Å²) in [5, 5.41) is 4.32. The van der Waals surface area contributed by atoms with Crippen molar-refractivity contribution in [2.45, 2.75) is 64.2 Å². The van der Waals surface area contributed by atoms with Crippen LogP contribution in [0.25, 0.3) is 0 Å². The van der Waals surface area contributed by atoms with Crippen molar-refractivity contribution in [1.82, 2.24) is 0 Å². The summed E-state index contributed by atoms with van der Waals surface area (Å²) in [7, 11) is -0.583. The van der Waals surface area contributed by atoms with Crippen LogP contribution >= 0.6 is 24.9 Å². The minimum atomic E-state index is -0.583. The van der Waals surface area contributed by atoms with E-state index >= 15 is 0 Å². The van der Waals surface area contributed by atoms with Crippen molar-refractivity contribution >= 4 is 40.8 Å². The van der Waals surface area contributed by atoms with Crippen LogP contribution in [0.2, 0.25) is 0 Å². The van der Waals surface area contributed by atoms with Gasteiger partial charge in [-0.2, -0.15) is 0 Å². The highest BCUT2D eigenvalue weighted by Gasteiger charge is 2.36. The highest BCUT2D eigenvalue weighted by Crippen LogP contribution is 2.46. The highest BCUT2D eigenvalue weighted by atomic mass is 79.9. The molecule has 1 aliphatic carbocycles. The average Bonchev–Trinajstić information content (AvgIpc) is 2.88. The summed E-state index contributed by atoms with van der Waals surface area (Å²) in [6.07, 6.45) is 4.67. The van der Waals surface area contributed by atoms with Gasteiger partial charge in [0, 0.05) is 0 Å². The van der Waals surface area contributed by atoms with Crippen LogP contribution in [0.1, 0.15) is 62.8 Å². The van der Waals surface area contributed by atoms with Crippen LogP contribution in [0.5, 0.6) is 0 Å². The van der Waals surface area contributed by atoms with Gasteiger partial charge in [0.2, 0.25) is 0 Å². The van der Waals surface area contributed by atoms with Gasteiger partial charge in [-0.1, -0.05) is 131 Å². The monoisotopic (exact) mass is 556 g/mol. The fraction of sp³-hybridized carbons (Fsp3) is 0.294. The zero-order chi connectivity index (χ0) is 24.5. The van der Waals surface area contributed by atoms with Crippen LogP contribution in [0.4, 0.5) is 0 Å². The van der Waals surface area contributed by atoms with Gasteiger partial charge in [0.1, 0.15) is 0 Å². The Morgan fingerprint density at radius 2 is 1.11 bits per heavy atom. The molecule has 0 heterocycles. The molecule has 0 N–H and O–H groups in total. The van der Waals surface area contributed by atoms with Gasteiger partial charge < -0.3 is 0 Å². The lowest BCUT2D eigenvalue weighted by Crippen LogP contribution is -2.33. The molecule has 0 unspecified atom stereocenters. The van der Waals surface area contributed by atoms with Gasteiger partial charge in [-0.15, -0.1) is 17.0 Å². The zero-order valence-electron chi connectivity index (χ0n) is 22.0. The van der Waals surface area contributed by atoms with Gasteiger partial charge in [-0.25, -0.2) is 0 Å². The fourth-order valence-corrected chi connectivity index (χ4v) is 8.10. The number of hydrogen-bond donors (Lipinski definition) is 0. The SMILES string of the molecule is Br.CC1(C)CCC(C)(C)c2cc(CCc3ccccc3P(c3ccccc3)c3ccccc3)ccc21. The highest BCUT2D eigenvalue weighted by molar-refractivity contribution is 8.93. The molecule has 0 radical (unpaired) electrons. The lowest BCUT2D eigenvalue weighted by atomic mass is 9.63. The van der Waals surface area contributed by atoms with Gasteiger partial charge in [-0.3, -0.25) is 0 Å². The van der Waals surface area contributed by atoms with Gasteiger partial charge in [0.15, 0.2) is 0 Å². The van der Waals surface area contributed by atoms with E-state index in [2.05, 4.69) is 131 Å². The predicted molar refractivity (Wildman–Crippen MR) is 165 cm³/mol. The Morgan fingerprint density at radius 1 is 0.583 bits per heavy atom. The molecule has 4 aromatic rings. The number of aryl methyl sites for hydroxylation is 2. The first-order valence-electron chi connectivity index (χ1n) is 13.0. The summed E-state index contributed by atoms with van der Waals surface area (Å²) in [5.41, 5.74) is 6.59. The van der Waals surface area contributed by atoms with Crippen molar-refractivity contribution in [3.8, 4) is 0 Å². The Hall–Kier alpha value is -2.21. The van der Waals surface area contributed by atoms with Crippen LogP contribution in [0, 0.1) is 0 Å².